The van der Waals surface area contributed by atoms with Gasteiger partial charge in [0.15, 0.2) is 0 Å². The van der Waals surface area contributed by atoms with Crippen molar-refractivity contribution in [3.63, 3.8) is 0 Å². The molecular formula is C21H21ClN4OS. The first-order valence-corrected chi connectivity index (χ1v) is 10.1. The predicted octanol–water partition coefficient (Wildman–Crippen LogP) is 4.69. The van der Waals surface area contributed by atoms with E-state index in [0.717, 1.165) is 33.2 Å². The number of benzene rings is 1. The third-order valence-corrected chi connectivity index (χ3v) is 5.44. The molecule has 0 saturated heterocycles. The van der Waals surface area contributed by atoms with E-state index in [1.807, 2.05) is 57.3 Å². The molecule has 0 spiro atoms. The molecule has 7 heteroatoms. The van der Waals surface area contributed by atoms with Crippen molar-refractivity contribution < 1.29 is 4.79 Å². The fourth-order valence-corrected chi connectivity index (χ4v) is 3.57. The SMILES string of the molecule is Cc1ccc(-n2c(C)cc(/C=N\NC(=O)CSc3ccc(Cl)cc3)c2C)nc1. The molecule has 0 atom stereocenters. The summed E-state index contributed by atoms with van der Waals surface area (Å²) in [7, 11) is 0. The quantitative estimate of drug-likeness (QED) is 0.363. The van der Waals surface area contributed by atoms with Gasteiger partial charge in [-0.1, -0.05) is 17.7 Å². The number of halogens is 1. The van der Waals surface area contributed by atoms with E-state index >= 15 is 0 Å². The minimum Gasteiger partial charge on any atom is -0.303 e. The Morgan fingerprint density at radius 2 is 1.96 bits per heavy atom. The first-order valence-electron chi connectivity index (χ1n) is 8.76. The van der Waals surface area contributed by atoms with Gasteiger partial charge < -0.3 is 4.57 Å². The molecule has 1 N–H and O–H groups in total. The van der Waals surface area contributed by atoms with Crippen LogP contribution in [-0.4, -0.2) is 27.4 Å². The highest BCUT2D eigenvalue weighted by Crippen LogP contribution is 2.20. The van der Waals surface area contributed by atoms with E-state index in [1.165, 1.54) is 11.8 Å². The van der Waals surface area contributed by atoms with Crippen LogP contribution in [0.15, 0.2) is 58.7 Å². The summed E-state index contributed by atoms with van der Waals surface area (Å²) in [6, 6.07) is 13.4. The molecule has 0 aliphatic rings. The zero-order valence-electron chi connectivity index (χ0n) is 15.9. The van der Waals surface area contributed by atoms with E-state index < -0.39 is 0 Å². The highest BCUT2D eigenvalue weighted by atomic mass is 35.5. The first kappa shape index (κ1) is 20.2. The Morgan fingerprint density at radius 1 is 1.21 bits per heavy atom. The van der Waals surface area contributed by atoms with E-state index in [4.69, 9.17) is 11.6 Å². The van der Waals surface area contributed by atoms with E-state index in [2.05, 4.69) is 20.1 Å². The number of nitrogens with zero attached hydrogens (tertiary/aromatic N) is 3. The molecule has 0 saturated carbocycles. The topological polar surface area (TPSA) is 59.3 Å². The average molecular weight is 413 g/mol. The maximum absolute atomic E-state index is 12.0. The van der Waals surface area contributed by atoms with Crippen molar-refractivity contribution in [2.24, 2.45) is 5.10 Å². The Morgan fingerprint density at radius 3 is 2.64 bits per heavy atom. The zero-order chi connectivity index (χ0) is 20.1. The molecule has 0 bridgehead atoms. The molecule has 2 heterocycles. The maximum Gasteiger partial charge on any atom is 0.250 e. The second-order valence-corrected chi connectivity index (χ2v) is 7.88. The number of nitrogens with one attached hydrogen (secondary N) is 1. The molecule has 144 valence electrons. The van der Waals surface area contributed by atoms with Crippen LogP contribution in [0.1, 0.15) is 22.5 Å². The van der Waals surface area contributed by atoms with Crippen molar-refractivity contribution >= 4 is 35.5 Å². The number of carbonyl (C=O) groups excluding carboxylic acids is 1. The van der Waals surface area contributed by atoms with Gasteiger partial charge in [0, 0.05) is 33.1 Å². The fourth-order valence-electron chi connectivity index (χ4n) is 2.75. The van der Waals surface area contributed by atoms with Gasteiger partial charge in [-0.15, -0.1) is 11.8 Å². The third kappa shape index (κ3) is 5.03. The van der Waals surface area contributed by atoms with Gasteiger partial charge in [-0.2, -0.15) is 5.10 Å². The molecule has 3 rings (SSSR count). The van der Waals surface area contributed by atoms with Crippen LogP contribution in [0.2, 0.25) is 5.02 Å². The van der Waals surface area contributed by atoms with E-state index in [0.29, 0.717) is 5.02 Å². The van der Waals surface area contributed by atoms with Crippen molar-refractivity contribution in [2.45, 2.75) is 25.7 Å². The summed E-state index contributed by atoms with van der Waals surface area (Å²) in [5, 5.41) is 4.78. The lowest BCUT2D eigenvalue weighted by atomic mass is 10.3. The van der Waals surface area contributed by atoms with Crippen molar-refractivity contribution in [1.29, 1.82) is 0 Å². The van der Waals surface area contributed by atoms with E-state index in [9.17, 15) is 4.79 Å². The van der Waals surface area contributed by atoms with Crippen molar-refractivity contribution in [3.05, 3.63) is 76.2 Å². The lowest BCUT2D eigenvalue weighted by Crippen LogP contribution is -2.19. The Balaban J connectivity index is 1.61. The van der Waals surface area contributed by atoms with Crippen LogP contribution in [0.5, 0.6) is 0 Å². The minimum atomic E-state index is -0.162. The highest BCUT2D eigenvalue weighted by Gasteiger charge is 2.10. The number of amides is 1. The third-order valence-electron chi connectivity index (χ3n) is 4.17. The summed E-state index contributed by atoms with van der Waals surface area (Å²) in [5.74, 6) is 0.986. The molecule has 0 aliphatic heterocycles. The molecule has 1 aromatic carbocycles. The van der Waals surface area contributed by atoms with Crippen LogP contribution in [0, 0.1) is 20.8 Å². The average Bonchev–Trinajstić information content (AvgIpc) is 2.96. The molecular weight excluding hydrogens is 392 g/mol. The second-order valence-electron chi connectivity index (χ2n) is 6.39. The largest absolute Gasteiger partial charge is 0.303 e. The predicted molar refractivity (Wildman–Crippen MR) is 116 cm³/mol. The van der Waals surface area contributed by atoms with Crippen molar-refractivity contribution in [2.75, 3.05) is 5.75 Å². The van der Waals surface area contributed by atoms with Crippen LogP contribution >= 0.6 is 23.4 Å². The summed E-state index contributed by atoms with van der Waals surface area (Å²) in [6.45, 7) is 6.04. The summed E-state index contributed by atoms with van der Waals surface area (Å²) in [6.07, 6.45) is 3.51. The van der Waals surface area contributed by atoms with Crippen molar-refractivity contribution in [3.8, 4) is 5.82 Å². The van der Waals surface area contributed by atoms with Gasteiger partial charge in [-0.25, -0.2) is 10.4 Å². The Hall–Kier alpha value is -2.57. The summed E-state index contributed by atoms with van der Waals surface area (Å²) < 4.78 is 2.07. The van der Waals surface area contributed by atoms with Crippen LogP contribution in [-0.2, 0) is 4.79 Å². The van der Waals surface area contributed by atoms with Gasteiger partial charge in [0.25, 0.3) is 0 Å². The molecule has 3 aromatic rings. The van der Waals surface area contributed by atoms with Gasteiger partial charge in [0.2, 0.25) is 5.91 Å². The highest BCUT2D eigenvalue weighted by molar-refractivity contribution is 8.00. The number of rotatable bonds is 6. The molecule has 0 aliphatic carbocycles. The van der Waals surface area contributed by atoms with E-state index in [1.54, 1.807) is 18.3 Å². The van der Waals surface area contributed by atoms with Crippen LogP contribution < -0.4 is 5.43 Å². The number of hydrogen-bond donors (Lipinski definition) is 1. The number of aromatic nitrogens is 2. The molecule has 5 nitrogen and oxygen atoms in total. The number of carbonyl (C=O) groups is 1. The van der Waals surface area contributed by atoms with Crippen LogP contribution in [0.25, 0.3) is 5.82 Å². The fraction of sp³-hybridized carbons (Fsp3) is 0.190. The first-order chi connectivity index (χ1) is 13.4. The lowest BCUT2D eigenvalue weighted by molar-refractivity contribution is -0.118. The number of hydrazone groups is 1. The number of aryl methyl sites for hydroxylation is 2. The van der Waals surface area contributed by atoms with Gasteiger partial charge >= 0.3 is 0 Å². The second kappa shape index (κ2) is 9.08. The Labute approximate surface area is 173 Å². The summed E-state index contributed by atoms with van der Waals surface area (Å²) in [4.78, 5) is 17.5. The number of pyridine rings is 1. The van der Waals surface area contributed by atoms with Crippen LogP contribution in [0.3, 0.4) is 0 Å². The normalized spacial score (nSPS) is 11.1. The Bertz CT molecular complexity index is 994. The number of thioether (sulfide) groups is 1. The lowest BCUT2D eigenvalue weighted by Gasteiger charge is -2.08. The molecule has 1 amide bonds. The monoisotopic (exact) mass is 412 g/mol. The molecule has 0 fully saturated rings. The van der Waals surface area contributed by atoms with Gasteiger partial charge in [0.05, 0.1) is 12.0 Å². The minimum absolute atomic E-state index is 0.162. The number of hydrogen-bond acceptors (Lipinski definition) is 4. The van der Waals surface area contributed by atoms with Crippen LogP contribution in [0.4, 0.5) is 0 Å². The summed E-state index contributed by atoms with van der Waals surface area (Å²) in [5.41, 5.74) is 6.70. The van der Waals surface area contributed by atoms with Crippen molar-refractivity contribution in [1.82, 2.24) is 15.0 Å². The standard InChI is InChI=1S/C21H21ClN4OS/c1-14-4-9-20(23-11-14)26-15(2)10-17(16(26)3)12-24-25-21(27)13-28-19-7-5-18(22)6-8-19/h4-12H,13H2,1-3H3,(H,25,27)/b24-12-. The molecule has 2 aromatic heterocycles. The van der Waals surface area contributed by atoms with Gasteiger partial charge in [0.1, 0.15) is 5.82 Å². The zero-order valence-corrected chi connectivity index (χ0v) is 17.5. The molecule has 0 unspecified atom stereocenters. The smallest absolute Gasteiger partial charge is 0.250 e. The molecule has 0 radical (unpaired) electrons. The summed E-state index contributed by atoms with van der Waals surface area (Å²) >= 11 is 7.29. The van der Waals surface area contributed by atoms with Gasteiger partial charge in [-0.05, 0) is 62.7 Å². The van der Waals surface area contributed by atoms with E-state index in [-0.39, 0.29) is 11.7 Å². The maximum atomic E-state index is 12.0. The molecule has 28 heavy (non-hydrogen) atoms. The van der Waals surface area contributed by atoms with Gasteiger partial charge in [-0.3, -0.25) is 4.79 Å². The Kier molecular flexibility index (Phi) is 6.54.